The van der Waals surface area contributed by atoms with Gasteiger partial charge in [0.2, 0.25) is 5.91 Å². The molecule has 2 aromatic carbocycles. The van der Waals surface area contributed by atoms with Crippen LogP contribution in [-0.2, 0) is 19.1 Å². The summed E-state index contributed by atoms with van der Waals surface area (Å²) in [6, 6.07) is 13.6. The standard InChI is InChI=1S/C20H22N2O6/c1-13(28-16-7-5-4-6-8-16)20(25)27-12-19(24)22-17-11-15(21-14(2)23)9-10-18(17)26-3/h4-11,13H,12H2,1-3H3,(H,21,23)(H,22,24)/t13-/m1/s1. The van der Waals surface area contributed by atoms with Crippen molar-refractivity contribution in [1.29, 1.82) is 0 Å². The van der Waals surface area contributed by atoms with E-state index < -0.39 is 24.6 Å². The van der Waals surface area contributed by atoms with Crippen molar-refractivity contribution in [2.24, 2.45) is 0 Å². The van der Waals surface area contributed by atoms with E-state index in [2.05, 4.69) is 10.6 Å². The van der Waals surface area contributed by atoms with Crippen LogP contribution in [-0.4, -0.2) is 37.6 Å². The second kappa shape index (κ2) is 9.96. The van der Waals surface area contributed by atoms with Crippen molar-refractivity contribution in [3.63, 3.8) is 0 Å². The number of para-hydroxylation sites is 1. The first-order valence-electron chi connectivity index (χ1n) is 8.53. The van der Waals surface area contributed by atoms with Crippen LogP contribution in [0.4, 0.5) is 11.4 Å². The third-order valence-electron chi connectivity index (χ3n) is 3.53. The molecule has 0 bridgehead atoms. The Morgan fingerprint density at radius 1 is 1.04 bits per heavy atom. The van der Waals surface area contributed by atoms with Crippen LogP contribution in [0.1, 0.15) is 13.8 Å². The lowest BCUT2D eigenvalue weighted by molar-refractivity contribution is -0.153. The molecule has 0 aromatic heterocycles. The van der Waals surface area contributed by atoms with Gasteiger partial charge < -0.3 is 24.8 Å². The summed E-state index contributed by atoms with van der Waals surface area (Å²) >= 11 is 0. The normalized spacial score (nSPS) is 11.1. The fourth-order valence-corrected chi connectivity index (χ4v) is 2.28. The van der Waals surface area contributed by atoms with Crippen LogP contribution in [0.5, 0.6) is 11.5 Å². The van der Waals surface area contributed by atoms with Crippen molar-refractivity contribution in [2.45, 2.75) is 20.0 Å². The van der Waals surface area contributed by atoms with E-state index in [1.54, 1.807) is 42.5 Å². The zero-order chi connectivity index (χ0) is 20.5. The summed E-state index contributed by atoms with van der Waals surface area (Å²) in [7, 11) is 1.45. The molecule has 0 fully saturated rings. The molecule has 0 aliphatic rings. The highest BCUT2D eigenvalue weighted by Crippen LogP contribution is 2.27. The van der Waals surface area contributed by atoms with E-state index in [0.29, 0.717) is 22.9 Å². The summed E-state index contributed by atoms with van der Waals surface area (Å²) in [5, 5.41) is 5.20. The summed E-state index contributed by atoms with van der Waals surface area (Å²) in [5.74, 6) is -0.550. The highest BCUT2D eigenvalue weighted by Gasteiger charge is 2.18. The van der Waals surface area contributed by atoms with Gasteiger partial charge in [0, 0.05) is 12.6 Å². The molecule has 2 rings (SSSR count). The predicted octanol–water partition coefficient (Wildman–Crippen LogP) is 2.60. The quantitative estimate of drug-likeness (QED) is 0.676. The Hall–Kier alpha value is -3.55. The molecule has 8 nitrogen and oxygen atoms in total. The molecular formula is C20H22N2O6. The number of methoxy groups -OCH3 is 1. The SMILES string of the molecule is COc1ccc(NC(C)=O)cc1NC(=O)COC(=O)[C@@H](C)Oc1ccccc1. The Kier molecular flexibility index (Phi) is 7.38. The fourth-order valence-electron chi connectivity index (χ4n) is 2.28. The van der Waals surface area contributed by atoms with Crippen molar-refractivity contribution in [3.05, 3.63) is 48.5 Å². The Bertz CT molecular complexity index is 838. The van der Waals surface area contributed by atoms with E-state index in [9.17, 15) is 14.4 Å². The van der Waals surface area contributed by atoms with Crippen molar-refractivity contribution >= 4 is 29.2 Å². The first-order valence-corrected chi connectivity index (χ1v) is 8.53. The van der Waals surface area contributed by atoms with Gasteiger partial charge in [-0.3, -0.25) is 9.59 Å². The molecule has 0 spiro atoms. The number of anilines is 2. The second-order valence-electron chi connectivity index (χ2n) is 5.83. The minimum Gasteiger partial charge on any atom is -0.495 e. The molecule has 8 heteroatoms. The molecule has 28 heavy (non-hydrogen) atoms. The zero-order valence-corrected chi connectivity index (χ0v) is 15.9. The van der Waals surface area contributed by atoms with Crippen molar-refractivity contribution in [3.8, 4) is 11.5 Å². The van der Waals surface area contributed by atoms with Gasteiger partial charge in [-0.05, 0) is 37.3 Å². The lowest BCUT2D eigenvalue weighted by Crippen LogP contribution is -2.29. The minimum atomic E-state index is -0.868. The van der Waals surface area contributed by atoms with Crippen LogP contribution in [0.3, 0.4) is 0 Å². The molecule has 0 saturated carbocycles. The first kappa shape index (κ1) is 20.8. The monoisotopic (exact) mass is 386 g/mol. The molecule has 2 N–H and O–H groups in total. The summed E-state index contributed by atoms with van der Waals surface area (Å²) in [6.07, 6.45) is -0.868. The van der Waals surface area contributed by atoms with Gasteiger partial charge in [-0.15, -0.1) is 0 Å². The van der Waals surface area contributed by atoms with E-state index in [1.807, 2.05) is 6.07 Å². The maximum Gasteiger partial charge on any atom is 0.347 e. The number of nitrogens with one attached hydrogen (secondary N) is 2. The van der Waals surface area contributed by atoms with Crippen molar-refractivity contribution in [1.82, 2.24) is 0 Å². The molecule has 0 aliphatic carbocycles. The number of ether oxygens (including phenoxy) is 3. The minimum absolute atomic E-state index is 0.247. The van der Waals surface area contributed by atoms with E-state index in [0.717, 1.165) is 0 Å². The lowest BCUT2D eigenvalue weighted by Gasteiger charge is -2.15. The maximum atomic E-state index is 12.1. The number of amides is 2. The summed E-state index contributed by atoms with van der Waals surface area (Å²) in [6.45, 7) is 2.42. The van der Waals surface area contributed by atoms with Gasteiger partial charge in [-0.2, -0.15) is 0 Å². The predicted molar refractivity (Wildman–Crippen MR) is 103 cm³/mol. The number of hydrogen-bond donors (Lipinski definition) is 2. The van der Waals surface area contributed by atoms with Gasteiger partial charge in [0.15, 0.2) is 12.7 Å². The van der Waals surface area contributed by atoms with Crippen LogP contribution in [0.2, 0.25) is 0 Å². The smallest absolute Gasteiger partial charge is 0.347 e. The topological polar surface area (TPSA) is 103 Å². The van der Waals surface area contributed by atoms with Crippen LogP contribution in [0, 0.1) is 0 Å². The number of benzene rings is 2. The largest absolute Gasteiger partial charge is 0.495 e. The highest BCUT2D eigenvalue weighted by molar-refractivity contribution is 5.96. The average molecular weight is 386 g/mol. The van der Waals surface area contributed by atoms with Gasteiger partial charge in [-0.1, -0.05) is 18.2 Å². The maximum absolute atomic E-state index is 12.1. The zero-order valence-electron chi connectivity index (χ0n) is 15.9. The number of hydrogen-bond acceptors (Lipinski definition) is 6. The molecule has 0 aliphatic heterocycles. The Labute approximate surface area is 162 Å². The molecule has 148 valence electrons. The van der Waals surface area contributed by atoms with Crippen LogP contribution in [0.25, 0.3) is 0 Å². The number of carbonyl (C=O) groups excluding carboxylic acids is 3. The van der Waals surface area contributed by atoms with Gasteiger partial charge in [-0.25, -0.2) is 4.79 Å². The molecule has 0 saturated heterocycles. The van der Waals surface area contributed by atoms with E-state index in [1.165, 1.54) is 21.0 Å². The van der Waals surface area contributed by atoms with E-state index in [-0.39, 0.29) is 5.91 Å². The highest BCUT2D eigenvalue weighted by atomic mass is 16.6. The lowest BCUT2D eigenvalue weighted by atomic mass is 10.2. The van der Waals surface area contributed by atoms with Gasteiger partial charge in [0.25, 0.3) is 5.91 Å². The Morgan fingerprint density at radius 2 is 1.75 bits per heavy atom. The summed E-state index contributed by atoms with van der Waals surface area (Å²) < 4.78 is 15.6. The third kappa shape index (κ3) is 6.31. The number of carbonyl (C=O) groups is 3. The fraction of sp³-hybridized carbons (Fsp3) is 0.250. The third-order valence-corrected chi connectivity index (χ3v) is 3.53. The molecule has 2 amide bonds. The van der Waals surface area contributed by atoms with Crippen LogP contribution >= 0.6 is 0 Å². The molecule has 0 heterocycles. The molecule has 0 radical (unpaired) electrons. The van der Waals surface area contributed by atoms with Gasteiger partial charge in [0.1, 0.15) is 11.5 Å². The Morgan fingerprint density at radius 3 is 2.39 bits per heavy atom. The van der Waals surface area contributed by atoms with Gasteiger partial charge in [0.05, 0.1) is 12.8 Å². The molecule has 1 atom stereocenters. The molecule has 0 unspecified atom stereocenters. The van der Waals surface area contributed by atoms with Gasteiger partial charge >= 0.3 is 5.97 Å². The van der Waals surface area contributed by atoms with E-state index in [4.69, 9.17) is 14.2 Å². The van der Waals surface area contributed by atoms with Crippen molar-refractivity contribution in [2.75, 3.05) is 24.4 Å². The van der Waals surface area contributed by atoms with Crippen LogP contribution < -0.4 is 20.1 Å². The Balaban J connectivity index is 1.91. The first-order chi connectivity index (χ1) is 13.4. The number of rotatable bonds is 8. The molecule has 2 aromatic rings. The second-order valence-corrected chi connectivity index (χ2v) is 5.83. The summed E-state index contributed by atoms with van der Waals surface area (Å²) in [4.78, 5) is 35.3. The van der Waals surface area contributed by atoms with Crippen LogP contribution in [0.15, 0.2) is 48.5 Å². The summed E-state index contributed by atoms with van der Waals surface area (Å²) in [5.41, 5.74) is 0.828. The number of esters is 1. The average Bonchev–Trinajstić information content (AvgIpc) is 2.66. The van der Waals surface area contributed by atoms with E-state index >= 15 is 0 Å². The molecular weight excluding hydrogens is 364 g/mol. The van der Waals surface area contributed by atoms with Crippen molar-refractivity contribution < 1.29 is 28.6 Å².